The minimum atomic E-state index is -0.964. The van der Waals surface area contributed by atoms with Gasteiger partial charge in [-0.1, -0.05) is 19.4 Å². The van der Waals surface area contributed by atoms with E-state index in [1.807, 2.05) is 20.0 Å². The minimum absolute atomic E-state index is 0.170. The number of nitrogens with zero attached hydrogens (tertiary/aromatic N) is 2. The van der Waals surface area contributed by atoms with E-state index in [4.69, 9.17) is 0 Å². The van der Waals surface area contributed by atoms with E-state index in [1.54, 1.807) is 34.4 Å². The summed E-state index contributed by atoms with van der Waals surface area (Å²) in [6.07, 6.45) is 3.03. The van der Waals surface area contributed by atoms with Crippen LogP contribution in [0.5, 0.6) is 0 Å². The van der Waals surface area contributed by atoms with E-state index >= 15 is 0 Å². The molecule has 0 radical (unpaired) electrons. The first-order valence-corrected chi connectivity index (χ1v) is 12.0. The standard InChI is InChI=1S/C27H32N4O4/c1-6-7-19(13-24(32)33)31-23-12-18(26(34)28-5)8-9-22(23)30(27(31)35)17(4)20-14-29-21-11-15(2)10-16(3)25(20)21/h8-12,14,17,19,29H,6-7,13H2,1-5H3,(H,28,34)(H,32,33)/t17-,19?/m0/s1. The molecule has 0 fully saturated rings. The van der Waals surface area contributed by atoms with Crippen molar-refractivity contribution in [3.63, 3.8) is 0 Å². The number of H-pyrrole nitrogens is 1. The number of benzene rings is 2. The molecule has 8 nitrogen and oxygen atoms in total. The lowest BCUT2D eigenvalue weighted by atomic mass is 10.0. The van der Waals surface area contributed by atoms with Gasteiger partial charge in [0.05, 0.1) is 23.5 Å². The molecule has 0 aliphatic carbocycles. The van der Waals surface area contributed by atoms with Gasteiger partial charge in [0.2, 0.25) is 0 Å². The van der Waals surface area contributed by atoms with Crippen LogP contribution < -0.4 is 11.0 Å². The summed E-state index contributed by atoms with van der Waals surface area (Å²) in [6, 6.07) is 8.54. The van der Waals surface area contributed by atoms with Gasteiger partial charge in [-0.15, -0.1) is 0 Å². The number of carbonyl (C=O) groups excluding carboxylic acids is 1. The normalized spacial score (nSPS) is 13.3. The van der Waals surface area contributed by atoms with Crippen LogP contribution in [-0.4, -0.2) is 38.1 Å². The molecule has 4 rings (SSSR count). The van der Waals surface area contributed by atoms with Crippen molar-refractivity contribution < 1.29 is 14.7 Å². The second kappa shape index (κ2) is 9.44. The fraction of sp³-hybridized carbons (Fsp3) is 0.370. The first-order valence-electron chi connectivity index (χ1n) is 12.0. The summed E-state index contributed by atoms with van der Waals surface area (Å²) >= 11 is 0. The van der Waals surface area contributed by atoms with E-state index in [0.29, 0.717) is 23.0 Å². The van der Waals surface area contributed by atoms with Gasteiger partial charge >= 0.3 is 11.7 Å². The predicted octanol–water partition coefficient (Wildman–Crippen LogP) is 4.69. The summed E-state index contributed by atoms with van der Waals surface area (Å²) in [5.41, 5.74) is 5.65. The summed E-state index contributed by atoms with van der Waals surface area (Å²) in [7, 11) is 1.55. The van der Waals surface area contributed by atoms with E-state index in [2.05, 4.69) is 36.3 Å². The summed E-state index contributed by atoms with van der Waals surface area (Å²) in [6.45, 7) is 8.06. The molecular weight excluding hydrogens is 444 g/mol. The zero-order valence-corrected chi connectivity index (χ0v) is 20.8. The number of carboxylic acids is 1. The van der Waals surface area contributed by atoms with Crippen LogP contribution in [0.15, 0.2) is 41.3 Å². The molecule has 2 aromatic carbocycles. The lowest BCUT2D eigenvalue weighted by Gasteiger charge is -2.17. The molecule has 2 atom stereocenters. The van der Waals surface area contributed by atoms with Crippen LogP contribution in [0, 0.1) is 13.8 Å². The Morgan fingerprint density at radius 1 is 1.11 bits per heavy atom. The lowest BCUT2D eigenvalue weighted by molar-refractivity contribution is -0.137. The Hall–Kier alpha value is -3.81. The van der Waals surface area contributed by atoms with Crippen LogP contribution in [0.25, 0.3) is 21.9 Å². The number of hydrogen-bond donors (Lipinski definition) is 3. The van der Waals surface area contributed by atoms with Crippen LogP contribution in [0.3, 0.4) is 0 Å². The van der Waals surface area contributed by atoms with Crippen LogP contribution in [0.2, 0.25) is 0 Å². The molecule has 4 aromatic rings. The number of fused-ring (bicyclic) bond motifs is 2. The zero-order valence-electron chi connectivity index (χ0n) is 20.8. The summed E-state index contributed by atoms with van der Waals surface area (Å²) in [5, 5.41) is 13.3. The predicted molar refractivity (Wildman–Crippen MR) is 137 cm³/mol. The van der Waals surface area contributed by atoms with E-state index in [1.165, 1.54) is 0 Å². The molecule has 0 saturated carbocycles. The van der Waals surface area contributed by atoms with Crippen molar-refractivity contribution in [3.05, 3.63) is 69.3 Å². The molecule has 3 N–H and O–H groups in total. The molecule has 184 valence electrons. The average Bonchev–Trinajstić information content (AvgIpc) is 3.35. The molecule has 1 amide bonds. The van der Waals surface area contributed by atoms with E-state index in [-0.39, 0.29) is 24.1 Å². The van der Waals surface area contributed by atoms with Crippen LogP contribution in [-0.2, 0) is 4.79 Å². The maximum Gasteiger partial charge on any atom is 0.329 e. The Balaban J connectivity index is 2.00. The van der Waals surface area contributed by atoms with Crippen molar-refractivity contribution in [1.29, 1.82) is 0 Å². The highest BCUT2D eigenvalue weighted by Gasteiger charge is 2.27. The van der Waals surface area contributed by atoms with Crippen molar-refractivity contribution in [3.8, 4) is 0 Å². The van der Waals surface area contributed by atoms with Gasteiger partial charge in [0.25, 0.3) is 5.91 Å². The minimum Gasteiger partial charge on any atom is -0.481 e. The highest BCUT2D eigenvalue weighted by Crippen LogP contribution is 2.33. The van der Waals surface area contributed by atoms with Crippen molar-refractivity contribution in [2.75, 3.05) is 7.05 Å². The van der Waals surface area contributed by atoms with Crippen molar-refractivity contribution >= 4 is 33.8 Å². The van der Waals surface area contributed by atoms with Gasteiger partial charge in [0, 0.05) is 41.3 Å². The monoisotopic (exact) mass is 476 g/mol. The number of nitrogens with one attached hydrogen (secondary N) is 2. The lowest BCUT2D eigenvalue weighted by Crippen LogP contribution is -2.30. The third-order valence-corrected chi connectivity index (χ3v) is 6.78. The van der Waals surface area contributed by atoms with Gasteiger partial charge in [-0.2, -0.15) is 0 Å². The quantitative estimate of drug-likeness (QED) is 0.343. The molecule has 2 aromatic heterocycles. The molecule has 2 heterocycles. The van der Waals surface area contributed by atoms with E-state index < -0.39 is 12.0 Å². The van der Waals surface area contributed by atoms with Gasteiger partial charge < -0.3 is 15.4 Å². The first kappa shape index (κ1) is 24.3. The number of hydrogen-bond acceptors (Lipinski definition) is 3. The fourth-order valence-corrected chi connectivity index (χ4v) is 5.27. The highest BCUT2D eigenvalue weighted by atomic mass is 16.4. The maximum absolute atomic E-state index is 14.0. The van der Waals surface area contributed by atoms with Crippen LogP contribution >= 0.6 is 0 Å². The Bertz CT molecular complexity index is 1490. The Morgan fingerprint density at radius 3 is 2.51 bits per heavy atom. The number of aromatic amines is 1. The van der Waals surface area contributed by atoms with Crippen molar-refractivity contribution in [2.24, 2.45) is 0 Å². The van der Waals surface area contributed by atoms with Crippen molar-refractivity contribution in [2.45, 2.75) is 59.0 Å². The first-order chi connectivity index (χ1) is 16.7. The number of amides is 1. The average molecular weight is 477 g/mol. The topological polar surface area (TPSA) is 109 Å². The third kappa shape index (κ3) is 4.24. The highest BCUT2D eigenvalue weighted by molar-refractivity contribution is 5.97. The Morgan fingerprint density at radius 2 is 1.86 bits per heavy atom. The van der Waals surface area contributed by atoms with Crippen LogP contribution in [0.4, 0.5) is 0 Å². The third-order valence-electron chi connectivity index (χ3n) is 6.78. The molecule has 8 heteroatoms. The Labute approximate surface area is 203 Å². The van der Waals surface area contributed by atoms with Gasteiger partial charge in [0.1, 0.15) is 0 Å². The van der Waals surface area contributed by atoms with Crippen molar-refractivity contribution in [1.82, 2.24) is 19.4 Å². The smallest absolute Gasteiger partial charge is 0.329 e. The number of carbonyl (C=O) groups is 2. The number of aryl methyl sites for hydroxylation is 2. The van der Waals surface area contributed by atoms with E-state index in [0.717, 1.165) is 34.0 Å². The summed E-state index contributed by atoms with van der Waals surface area (Å²) in [5.74, 6) is -1.23. The van der Waals surface area contributed by atoms with Gasteiger partial charge in [-0.05, 0) is 62.6 Å². The number of aliphatic carboxylic acids is 1. The molecule has 0 bridgehead atoms. The number of aromatic nitrogens is 3. The fourth-order valence-electron chi connectivity index (χ4n) is 5.27. The zero-order chi connectivity index (χ0) is 25.4. The molecule has 0 aliphatic heterocycles. The van der Waals surface area contributed by atoms with Gasteiger partial charge in [-0.3, -0.25) is 18.7 Å². The second-order valence-corrected chi connectivity index (χ2v) is 9.27. The van der Waals surface area contributed by atoms with Gasteiger partial charge in [-0.25, -0.2) is 4.79 Å². The molecule has 35 heavy (non-hydrogen) atoms. The SMILES string of the molecule is CCCC(CC(=O)O)n1c(=O)n([C@@H](C)c2c[nH]c3cc(C)cc(C)c23)c2ccc(C(=O)NC)cc21. The molecule has 1 unspecified atom stereocenters. The Kier molecular flexibility index (Phi) is 6.56. The van der Waals surface area contributed by atoms with Crippen LogP contribution in [0.1, 0.15) is 72.2 Å². The molecule has 0 saturated heterocycles. The van der Waals surface area contributed by atoms with Gasteiger partial charge in [0.15, 0.2) is 0 Å². The maximum atomic E-state index is 14.0. The number of carboxylic acid groups (broad SMARTS) is 1. The molecular formula is C27H32N4O4. The number of rotatable bonds is 8. The second-order valence-electron chi connectivity index (χ2n) is 9.27. The number of imidazole rings is 1. The largest absolute Gasteiger partial charge is 0.481 e. The summed E-state index contributed by atoms with van der Waals surface area (Å²) in [4.78, 5) is 41.4. The van der Waals surface area contributed by atoms with E-state index in [9.17, 15) is 19.5 Å². The summed E-state index contributed by atoms with van der Waals surface area (Å²) < 4.78 is 3.29. The molecule has 0 aliphatic rings. The molecule has 0 spiro atoms.